The molecule has 0 radical (unpaired) electrons. The Bertz CT molecular complexity index is 438. The molecule has 1 amide bonds. The minimum absolute atomic E-state index is 0.290. The number of esters is 1. The maximum atomic E-state index is 11.7. The van der Waals surface area contributed by atoms with Gasteiger partial charge in [-0.1, -0.05) is 13.8 Å². The third-order valence-corrected chi connectivity index (χ3v) is 3.18. The Balaban J connectivity index is 2.58. The van der Waals surface area contributed by atoms with E-state index in [0.717, 1.165) is 5.56 Å². The molecule has 4 nitrogen and oxygen atoms in total. The largest absolute Gasteiger partial charge is 0.467 e. The minimum Gasteiger partial charge on any atom is -0.467 e. The van der Waals surface area contributed by atoms with Crippen molar-refractivity contribution < 1.29 is 14.3 Å². The van der Waals surface area contributed by atoms with Crippen molar-refractivity contribution >= 4 is 29.3 Å². The summed E-state index contributed by atoms with van der Waals surface area (Å²) < 4.78 is 4.69. The van der Waals surface area contributed by atoms with Gasteiger partial charge in [-0.05, 0) is 40.8 Å². The summed E-state index contributed by atoms with van der Waals surface area (Å²) in [4.78, 5) is 23.3. The fraction of sp³-hybridized carbons (Fsp3) is 0.429. The smallest absolute Gasteiger partial charge is 0.328 e. The number of hydrogen-bond donors (Lipinski definition) is 1. The third-order valence-electron chi connectivity index (χ3n) is 2.48. The van der Waals surface area contributed by atoms with Crippen LogP contribution in [0.5, 0.6) is 0 Å². The number of nitrogens with one attached hydrogen (secondary N) is 1. The summed E-state index contributed by atoms with van der Waals surface area (Å²) in [5.41, 5.74) is 0.971. The van der Waals surface area contributed by atoms with E-state index in [1.807, 2.05) is 30.7 Å². The molecule has 5 heteroatoms. The number of rotatable bonds is 6. The molecule has 0 unspecified atom stereocenters. The summed E-state index contributed by atoms with van der Waals surface area (Å²) in [6.07, 6.45) is 3.71. The van der Waals surface area contributed by atoms with Gasteiger partial charge in [-0.2, -0.15) is 11.3 Å². The zero-order chi connectivity index (χ0) is 14.3. The number of hydrogen-bond acceptors (Lipinski definition) is 4. The molecule has 1 N–H and O–H groups in total. The highest BCUT2D eigenvalue weighted by molar-refractivity contribution is 7.08. The number of amides is 1. The van der Waals surface area contributed by atoms with Crippen LogP contribution in [0.25, 0.3) is 6.08 Å². The lowest BCUT2D eigenvalue weighted by molar-refractivity contribution is -0.145. The fourth-order valence-electron chi connectivity index (χ4n) is 1.59. The van der Waals surface area contributed by atoms with Crippen LogP contribution in [-0.4, -0.2) is 25.0 Å². The van der Waals surface area contributed by atoms with Crippen molar-refractivity contribution in [3.8, 4) is 0 Å². The average molecular weight is 281 g/mol. The zero-order valence-corrected chi connectivity index (χ0v) is 12.2. The van der Waals surface area contributed by atoms with Crippen molar-refractivity contribution in [1.82, 2.24) is 5.32 Å². The molecule has 104 valence electrons. The molecule has 0 aliphatic rings. The number of ether oxygens (including phenoxy) is 1. The Morgan fingerprint density at radius 3 is 2.74 bits per heavy atom. The van der Waals surface area contributed by atoms with Gasteiger partial charge < -0.3 is 10.1 Å². The second-order valence-corrected chi connectivity index (χ2v) is 5.38. The van der Waals surface area contributed by atoms with Crippen LogP contribution in [0, 0.1) is 5.92 Å². The molecule has 0 saturated carbocycles. The fourth-order valence-corrected chi connectivity index (χ4v) is 2.22. The summed E-state index contributed by atoms with van der Waals surface area (Å²) >= 11 is 1.57. The molecule has 0 aliphatic heterocycles. The molecule has 1 aromatic rings. The van der Waals surface area contributed by atoms with Gasteiger partial charge in [-0.15, -0.1) is 0 Å². The lowest BCUT2D eigenvalue weighted by Crippen LogP contribution is -2.41. The van der Waals surface area contributed by atoms with Crippen LogP contribution < -0.4 is 5.32 Å². The summed E-state index contributed by atoms with van der Waals surface area (Å²) in [7, 11) is 1.32. The van der Waals surface area contributed by atoms with E-state index in [-0.39, 0.29) is 5.91 Å². The first-order valence-electron chi connectivity index (χ1n) is 6.11. The third kappa shape index (κ3) is 5.70. The highest BCUT2D eigenvalue weighted by Gasteiger charge is 2.21. The molecule has 0 saturated heterocycles. The molecule has 1 heterocycles. The molecule has 19 heavy (non-hydrogen) atoms. The van der Waals surface area contributed by atoms with E-state index in [4.69, 9.17) is 0 Å². The first kappa shape index (κ1) is 15.4. The van der Waals surface area contributed by atoms with E-state index in [9.17, 15) is 9.59 Å². The van der Waals surface area contributed by atoms with Gasteiger partial charge in [0.2, 0.25) is 5.91 Å². The average Bonchev–Trinajstić information content (AvgIpc) is 2.87. The highest BCUT2D eigenvalue weighted by Crippen LogP contribution is 2.08. The van der Waals surface area contributed by atoms with Crippen molar-refractivity contribution in [1.29, 1.82) is 0 Å². The molecule has 0 fully saturated rings. The lowest BCUT2D eigenvalue weighted by Gasteiger charge is -2.17. The molecule has 0 aliphatic carbocycles. The van der Waals surface area contributed by atoms with Crippen molar-refractivity contribution in [2.45, 2.75) is 26.3 Å². The topological polar surface area (TPSA) is 55.4 Å². The lowest BCUT2D eigenvalue weighted by atomic mass is 10.0. The predicted molar refractivity (Wildman–Crippen MR) is 76.8 cm³/mol. The van der Waals surface area contributed by atoms with Crippen LogP contribution >= 0.6 is 11.3 Å². The van der Waals surface area contributed by atoms with E-state index in [2.05, 4.69) is 10.1 Å². The maximum Gasteiger partial charge on any atom is 0.328 e. The van der Waals surface area contributed by atoms with Crippen LogP contribution in [0.15, 0.2) is 22.9 Å². The van der Waals surface area contributed by atoms with Crippen LogP contribution in [0.3, 0.4) is 0 Å². The van der Waals surface area contributed by atoms with Crippen LogP contribution in [0.1, 0.15) is 25.8 Å². The second-order valence-electron chi connectivity index (χ2n) is 4.60. The van der Waals surface area contributed by atoms with Gasteiger partial charge in [0.15, 0.2) is 0 Å². The van der Waals surface area contributed by atoms with Crippen molar-refractivity contribution in [3.05, 3.63) is 28.5 Å². The summed E-state index contributed by atoms with van der Waals surface area (Å²) in [5, 5.41) is 6.54. The molecule has 1 rings (SSSR count). The molecular weight excluding hydrogens is 262 g/mol. The van der Waals surface area contributed by atoms with Gasteiger partial charge >= 0.3 is 5.97 Å². The van der Waals surface area contributed by atoms with E-state index < -0.39 is 12.0 Å². The van der Waals surface area contributed by atoms with Gasteiger partial charge in [-0.25, -0.2) is 4.79 Å². The molecule has 1 atom stereocenters. The van der Waals surface area contributed by atoms with E-state index in [1.165, 1.54) is 13.2 Å². The number of carbonyl (C=O) groups excluding carboxylic acids is 2. The molecule has 0 aromatic carbocycles. The van der Waals surface area contributed by atoms with E-state index in [0.29, 0.717) is 12.3 Å². The summed E-state index contributed by atoms with van der Waals surface area (Å²) in [6, 6.07) is 1.32. The van der Waals surface area contributed by atoms with E-state index >= 15 is 0 Å². The first-order valence-corrected chi connectivity index (χ1v) is 7.05. The standard InChI is InChI=1S/C14H19NO3S/c1-10(2)8-12(14(17)18-3)15-13(16)5-4-11-6-7-19-9-11/h4-7,9-10,12H,8H2,1-3H3,(H,15,16)/t12-/m1/s1. The Labute approximate surface area is 117 Å². The van der Waals surface area contributed by atoms with Crippen LogP contribution in [-0.2, 0) is 14.3 Å². The van der Waals surface area contributed by atoms with Gasteiger partial charge in [-0.3, -0.25) is 4.79 Å². The summed E-state index contributed by atoms with van der Waals surface area (Å²) in [6.45, 7) is 3.98. The Morgan fingerprint density at radius 1 is 1.47 bits per heavy atom. The van der Waals surface area contributed by atoms with Gasteiger partial charge in [0, 0.05) is 6.08 Å². The number of methoxy groups -OCH3 is 1. The zero-order valence-electron chi connectivity index (χ0n) is 11.4. The number of thiophene rings is 1. The van der Waals surface area contributed by atoms with Crippen LogP contribution in [0.4, 0.5) is 0 Å². The van der Waals surface area contributed by atoms with Crippen molar-refractivity contribution in [3.63, 3.8) is 0 Å². The SMILES string of the molecule is COC(=O)[C@@H](CC(C)C)NC(=O)C=Cc1ccsc1. The molecule has 0 spiro atoms. The normalized spacial score (nSPS) is 12.6. The van der Waals surface area contributed by atoms with Gasteiger partial charge in [0.05, 0.1) is 7.11 Å². The van der Waals surface area contributed by atoms with Crippen molar-refractivity contribution in [2.24, 2.45) is 5.92 Å². The highest BCUT2D eigenvalue weighted by atomic mass is 32.1. The van der Waals surface area contributed by atoms with Gasteiger partial charge in [0.25, 0.3) is 0 Å². The molecule has 1 aromatic heterocycles. The quantitative estimate of drug-likeness (QED) is 0.644. The second kappa shape index (κ2) is 7.74. The minimum atomic E-state index is -0.593. The predicted octanol–water partition coefficient (Wildman–Crippen LogP) is 2.47. The Hall–Kier alpha value is -1.62. The molecular formula is C14H19NO3S. The van der Waals surface area contributed by atoms with Crippen molar-refractivity contribution in [2.75, 3.05) is 7.11 Å². The number of carbonyl (C=O) groups is 2. The Kier molecular flexibility index (Phi) is 6.29. The van der Waals surface area contributed by atoms with Crippen LogP contribution in [0.2, 0.25) is 0 Å². The monoisotopic (exact) mass is 281 g/mol. The summed E-state index contributed by atoms with van der Waals surface area (Å²) in [5.74, 6) is -0.404. The molecule has 0 bridgehead atoms. The van der Waals surface area contributed by atoms with E-state index in [1.54, 1.807) is 17.4 Å². The first-order chi connectivity index (χ1) is 9.02. The van der Waals surface area contributed by atoms with Gasteiger partial charge in [0.1, 0.15) is 6.04 Å². The maximum absolute atomic E-state index is 11.7. The Morgan fingerprint density at radius 2 is 2.21 bits per heavy atom.